The molecule has 0 unspecified atom stereocenters. The number of esters is 1. The minimum absolute atomic E-state index is 0.0462. The van der Waals surface area contributed by atoms with Gasteiger partial charge in [0.2, 0.25) is 0 Å². The fourth-order valence-corrected chi connectivity index (χ4v) is 3.10. The molecular formula is C15H10O3S. The number of methoxy groups -OCH3 is 1. The smallest absolute Gasteiger partial charge is 0.337 e. The zero-order chi connectivity index (χ0) is 13.4. The highest BCUT2D eigenvalue weighted by Gasteiger charge is 2.10. The number of fused-ring (bicyclic) bond motifs is 2. The number of hydrogen-bond donors (Lipinski definition) is 0. The van der Waals surface area contributed by atoms with E-state index < -0.39 is 5.97 Å². The highest BCUT2D eigenvalue weighted by atomic mass is 32.1. The van der Waals surface area contributed by atoms with Gasteiger partial charge >= 0.3 is 5.97 Å². The molecule has 0 radical (unpaired) electrons. The molecule has 0 aliphatic carbocycles. The van der Waals surface area contributed by atoms with Crippen molar-refractivity contribution in [3.05, 3.63) is 58.3 Å². The number of carbonyl (C=O) groups excluding carboxylic acids is 1. The summed E-state index contributed by atoms with van der Waals surface area (Å²) in [4.78, 5) is 23.9. The van der Waals surface area contributed by atoms with Crippen LogP contribution in [0.1, 0.15) is 10.4 Å². The van der Waals surface area contributed by atoms with E-state index in [0.29, 0.717) is 16.3 Å². The third-order valence-electron chi connectivity index (χ3n) is 3.00. The molecule has 0 amide bonds. The quantitative estimate of drug-likeness (QED) is 0.504. The summed E-state index contributed by atoms with van der Waals surface area (Å²) >= 11 is 1.54. The van der Waals surface area contributed by atoms with Crippen molar-refractivity contribution in [3.8, 4) is 0 Å². The van der Waals surface area contributed by atoms with Crippen LogP contribution < -0.4 is 5.43 Å². The summed E-state index contributed by atoms with van der Waals surface area (Å²) in [7, 11) is 1.33. The molecule has 1 aromatic heterocycles. The summed E-state index contributed by atoms with van der Waals surface area (Å²) in [5.41, 5.74) is 0.352. The lowest BCUT2D eigenvalue weighted by Gasteiger charge is -2.03. The maximum absolute atomic E-state index is 12.4. The Hall–Kier alpha value is -2.20. The molecule has 0 aliphatic rings. The van der Waals surface area contributed by atoms with E-state index in [1.807, 2.05) is 18.2 Å². The van der Waals surface area contributed by atoms with Gasteiger partial charge < -0.3 is 4.74 Å². The van der Waals surface area contributed by atoms with Gasteiger partial charge in [-0.1, -0.05) is 12.1 Å². The summed E-state index contributed by atoms with van der Waals surface area (Å²) in [5, 5.41) is 1.24. The Morgan fingerprint density at radius 2 is 1.79 bits per heavy atom. The van der Waals surface area contributed by atoms with E-state index in [2.05, 4.69) is 4.74 Å². The lowest BCUT2D eigenvalue weighted by atomic mass is 10.1. The third-order valence-corrected chi connectivity index (χ3v) is 4.15. The Morgan fingerprint density at radius 3 is 2.58 bits per heavy atom. The number of ether oxygens (including phenoxy) is 1. The van der Waals surface area contributed by atoms with Crippen LogP contribution in [0.3, 0.4) is 0 Å². The van der Waals surface area contributed by atoms with Crippen molar-refractivity contribution in [3.63, 3.8) is 0 Å². The lowest BCUT2D eigenvalue weighted by molar-refractivity contribution is 0.0601. The van der Waals surface area contributed by atoms with Crippen LogP contribution in [0.2, 0.25) is 0 Å². The molecule has 3 rings (SSSR count). The molecule has 3 nitrogen and oxygen atoms in total. The van der Waals surface area contributed by atoms with Crippen molar-refractivity contribution in [1.29, 1.82) is 0 Å². The Morgan fingerprint density at radius 1 is 1.05 bits per heavy atom. The Labute approximate surface area is 113 Å². The number of carbonyl (C=O) groups is 1. The van der Waals surface area contributed by atoms with Crippen molar-refractivity contribution in [2.24, 2.45) is 0 Å². The predicted octanol–water partition coefficient (Wildman–Crippen LogP) is 3.20. The van der Waals surface area contributed by atoms with Gasteiger partial charge in [-0.3, -0.25) is 4.79 Å². The van der Waals surface area contributed by atoms with E-state index in [4.69, 9.17) is 0 Å². The molecule has 4 heteroatoms. The molecule has 0 N–H and O–H groups in total. The lowest BCUT2D eigenvalue weighted by Crippen LogP contribution is -2.05. The first-order chi connectivity index (χ1) is 9.20. The fraction of sp³-hybridized carbons (Fsp3) is 0.0667. The second kappa shape index (κ2) is 4.48. The van der Waals surface area contributed by atoms with E-state index in [1.54, 1.807) is 35.6 Å². The predicted molar refractivity (Wildman–Crippen MR) is 76.9 cm³/mol. The highest BCUT2D eigenvalue weighted by molar-refractivity contribution is 7.24. The molecular weight excluding hydrogens is 260 g/mol. The van der Waals surface area contributed by atoms with Crippen LogP contribution in [0.4, 0.5) is 0 Å². The number of rotatable bonds is 1. The Balaban J connectivity index is 2.40. The van der Waals surface area contributed by atoms with Crippen molar-refractivity contribution >= 4 is 37.5 Å². The van der Waals surface area contributed by atoms with Crippen LogP contribution in [0.5, 0.6) is 0 Å². The normalized spacial score (nSPS) is 10.8. The van der Waals surface area contributed by atoms with Gasteiger partial charge in [0.25, 0.3) is 0 Å². The Kier molecular flexibility index (Phi) is 2.80. The van der Waals surface area contributed by atoms with E-state index in [9.17, 15) is 9.59 Å². The maximum atomic E-state index is 12.4. The first-order valence-corrected chi connectivity index (χ1v) is 6.56. The maximum Gasteiger partial charge on any atom is 0.337 e. The number of benzene rings is 2. The van der Waals surface area contributed by atoms with Gasteiger partial charge in [0, 0.05) is 20.2 Å². The van der Waals surface area contributed by atoms with E-state index >= 15 is 0 Å². The van der Waals surface area contributed by atoms with Gasteiger partial charge in [0.1, 0.15) is 0 Å². The van der Waals surface area contributed by atoms with Gasteiger partial charge in [-0.15, -0.1) is 11.3 Å². The van der Waals surface area contributed by atoms with E-state index in [-0.39, 0.29) is 5.43 Å². The average Bonchev–Trinajstić information content (AvgIpc) is 2.46. The van der Waals surface area contributed by atoms with Gasteiger partial charge in [-0.25, -0.2) is 4.79 Å². The zero-order valence-corrected chi connectivity index (χ0v) is 11.0. The molecule has 3 aromatic rings. The van der Waals surface area contributed by atoms with Crippen LogP contribution >= 0.6 is 11.3 Å². The molecule has 1 heterocycles. The summed E-state index contributed by atoms with van der Waals surface area (Å²) < 4.78 is 6.50. The largest absolute Gasteiger partial charge is 0.465 e. The van der Waals surface area contributed by atoms with Gasteiger partial charge in [0.15, 0.2) is 5.43 Å². The molecule has 0 fully saturated rings. The zero-order valence-electron chi connectivity index (χ0n) is 10.2. The minimum Gasteiger partial charge on any atom is -0.465 e. The first-order valence-electron chi connectivity index (χ1n) is 5.74. The molecule has 2 aromatic carbocycles. The van der Waals surface area contributed by atoms with Crippen LogP contribution in [0, 0.1) is 0 Å². The molecule has 19 heavy (non-hydrogen) atoms. The summed E-state index contributed by atoms with van der Waals surface area (Å²) in [5.74, 6) is -0.431. The molecule has 0 atom stereocenters. The van der Waals surface area contributed by atoms with Gasteiger partial charge in [0.05, 0.1) is 12.7 Å². The van der Waals surface area contributed by atoms with Crippen LogP contribution in [0.15, 0.2) is 47.3 Å². The van der Waals surface area contributed by atoms with Crippen LogP contribution in [0.25, 0.3) is 20.2 Å². The topological polar surface area (TPSA) is 43.4 Å². The highest BCUT2D eigenvalue weighted by Crippen LogP contribution is 2.25. The van der Waals surface area contributed by atoms with E-state index in [1.165, 1.54) is 7.11 Å². The van der Waals surface area contributed by atoms with Crippen molar-refractivity contribution in [2.75, 3.05) is 7.11 Å². The SMILES string of the molecule is COC(=O)c1ccc2sc3ccccc3c(=O)c2c1. The van der Waals surface area contributed by atoms with Crippen molar-refractivity contribution < 1.29 is 9.53 Å². The van der Waals surface area contributed by atoms with Gasteiger partial charge in [-0.2, -0.15) is 0 Å². The second-order valence-corrected chi connectivity index (χ2v) is 5.21. The molecule has 0 bridgehead atoms. The molecule has 0 saturated carbocycles. The average molecular weight is 270 g/mol. The Bertz CT molecular complexity index is 849. The molecule has 0 aliphatic heterocycles. The summed E-state index contributed by atoms with van der Waals surface area (Å²) in [6.45, 7) is 0. The monoisotopic (exact) mass is 270 g/mol. The van der Waals surface area contributed by atoms with Crippen molar-refractivity contribution in [2.45, 2.75) is 0 Å². The minimum atomic E-state index is -0.431. The van der Waals surface area contributed by atoms with Crippen LogP contribution in [-0.2, 0) is 4.74 Å². The van der Waals surface area contributed by atoms with Crippen LogP contribution in [-0.4, -0.2) is 13.1 Å². The first kappa shape index (κ1) is 11.9. The summed E-state index contributed by atoms with van der Waals surface area (Å²) in [6.07, 6.45) is 0. The molecule has 0 spiro atoms. The third kappa shape index (κ3) is 1.90. The molecule has 94 valence electrons. The second-order valence-electron chi connectivity index (χ2n) is 4.13. The molecule has 0 saturated heterocycles. The number of hydrogen-bond acceptors (Lipinski definition) is 4. The fourth-order valence-electron chi connectivity index (χ4n) is 2.05. The van der Waals surface area contributed by atoms with Gasteiger partial charge in [-0.05, 0) is 30.3 Å². The van der Waals surface area contributed by atoms with Crippen molar-refractivity contribution in [1.82, 2.24) is 0 Å². The summed E-state index contributed by atoms with van der Waals surface area (Å²) in [6, 6.07) is 12.6. The van der Waals surface area contributed by atoms with E-state index in [0.717, 1.165) is 9.40 Å². The standard InChI is InChI=1S/C15H10O3S/c1-18-15(17)9-6-7-13-11(8-9)14(16)10-4-2-3-5-12(10)19-13/h2-8H,1H3.